The number of rotatable bonds is 9. The number of nitrogens with one attached hydrogen (secondary N) is 1. The van der Waals surface area contributed by atoms with Crippen LogP contribution in [0.1, 0.15) is 37.7 Å². The summed E-state index contributed by atoms with van der Waals surface area (Å²) in [5, 5.41) is 12.1. The van der Waals surface area contributed by atoms with Crippen LogP contribution in [0.5, 0.6) is 5.75 Å². The molecule has 0 saturated carbocycles. The van der Waals surface area contributed by atoms with E-state index in [1.54, 1.807) is 0 Å². The predicted molar refractivity (Wildman–Crippen MR) is 119 cm³/mol. The third kappa shape index (κ3) is 6.48. The third-order valence-electron chi connectivity index (χ3n) is 4.56. The van der Waals surface area contributed by atoms with E-state index in [0.717, 1.165) is 28.4 Å². The van der Waals surface area contributed by atoms with E-state index in [-0.39, 0.29) is 5.57 Å². The molecule has 7 nitrogen and oxygen atoms in total. The number of benzene rings is 1. The van der Waals surface area contributed by atoms with E-state index in [9.17, 15) is 14.9 Å². The summed E-state index contributed by atoms with van der Waals surface area (Å²) in [6.45, 7) is 10.4. The van der Waals surface area contributed by atoms with Crippen molar-refractivity contribution < 1.29 is 19.1 Å². The van der Waals surface area contributed by atoms with Crippen LogP contribution in [0.4, 0.5) is 0 Å². The maximum Gasteiger partial charge on any atom is 0.349 e. The summed E-state index contributed by atoms with van der Waals surface area (Å²) in [6, 6.07) is 11.5. The Morgan fingerprint density at radius 3 is 2.48 bits per heavy atom. The highest BCUT2D eigenvalue weighted by molar-refractivity contribution is 5.99. The lowest BCUT2D eigenvalue weighted by molar-refractivity contribution is -0.144. The number of hydrogen-bond acceptors (Lipinski definition) is 5. The first kappa shape index (κ1) is 23.7. The molecule has 0 fully saturated rings. The Hall–Kier alpha value is -3.53. The molecule has 0 bridgehead atoms. The summed E-state index contributed by atoms with van der Waals surface area (Å²) >= 11 is 0. The fourth-order valence-electron chi connectivity index (χ4n) is 3.06. The Labute approximate surface area is 183 Å². The molecule has 0 spiro atoms. The van der Waals surface area contributed by atoms with E-state index in [4.69, 9.17) is 9.47 Å². The monoisotopic (exact) mass is 423 g/mol. The van der Waals surface area contributed by atoms with Crippen molar-refractivity contribution in [1.82, 2.24) is 9.88 Å². The number of hydrogen-bond donors (Lipinski definition) is 1. The molecule has 1 aromatic carbocycles. The van der Waals surface area contributed by atoms with Crippen molar-refractivity contribution in [3.63, 3.8) is 0 Å². The summed E-state index contributed by atoms with van der Waals surface area (Å²) in [4.78, 5) is 24.0. The highest BCUT2D eigenvalue weighted by atomic mass is 16.5. The van der Waals surface area contributed by atoms with Crippen LogP contribution in [0.15, 0.2) is 35.9 Å². The molecule has 1 N–H and O–H groups in total. The molecule has 1 aromatic heterocycles. The lowest BCUT2D eigenvalue weighted by atomic mass is 10.1. The molecule has 0 radical (unpaired) electrons. The molecule has 164 valence electrons. The predicted octanol–water partition coefficient (Wildman–Crippen LogP) is 3.72. The van der Waals surface area contributed by atoms with Crippen molar-refractivity contribution in [3.05, 3.63) is 52.9 Å². The largest absolute Gasteiger partial charge is 0.494 e. The first-order valence-electron chi connectivity index (χ1n) is 10.2. The number of esters is 1. The zero-order chi connectivity index (χ0) is 23.0. The van der Waals surface area contributed by atoms with Gasteiger partial charge in [-0.15, -0.1) is 0 Å². The Morgan fingerprint density at radius 2 is 1.90 bits per heavy atom. The second kappa shape index (κ2) is 11.0. The molecule has 31 heavy (non-hydrogen) atoms. The second-order valence-corrected chi connectivity index (χ2v) is 7.53. The molecular formula is C24H29N3O4. The van der Waals surface area contributed by atoms with Gasteiger partial charge in [-0.05, 0) is 68.7 Å². The van der Waals surface area contributed by atoms with Gasteiger partial charge in [0, 0.05) is 23.6 Å². The average molecular weight is 424 g/mol. The van der Waals surface area contributed by atoms with Gasteiger partial charge >= 0.3 is 5.97 Å². The van der Waals surface area contributed by atoms with Gasteiger partial charge in [-0.25, -0.2) is 4.79 Å². The summed E-state index contributed by atoms with van der Waals surface area (Å²) in [5.41, 5.74) is 3.33. The van der Waals surface area contributed by atoms with Crippen LogP contribution >= 0.6 is 0 Å². The summed E-state index contributed by atoms with van der Waals surface area (Å²) < 4.78 is 12.5. The number of ether oxygens (including phenoxy) is 2. The van der Waals surface area contributed by atoms with E-state index < -0.39 is 18.5 Å². The topological polar surface area (TPSA) is 93.3 Å². The SMILES string of the molecule is CCOc1ccc(-n2c(C)cc(/C=C(\C#N)C(=O)OCC(=O)NCC(C)C)c2C)cc1. The number of amides is 1. The summed E-state index contributed by atoms with van der Waals surface area (Å²) in [7, 11) is 0. The fourth-order valence-corrected chi connectivity index (χ4v) is 3.06. The first-order valence-corrected chi connectivity index (χ1v) is 10.2. The molecule has 2 aromatic rings. The molecule has 0 unspecified atom stereocenters. The van der Waals surface area contributed by atoms with Gasteiger partial charge in [0.25, 0.3) is 5.91 Å². The van der Waals surface area contributed by atoms with Crippen LogP contribution in [0.3, 0.4) is 0 Å². The van der Waals surface area contributed by atoms with Gasteiger partial charge < -0.3 is 19.4 Å². The standard InChI is InChI=1S/C24H29N3O4/c1-6-30-22-9-7-21(8-10-22)27-17(4)11-19(18(27)5)12-20(13-25)24(29)31-15-23(28)26-14-16(2)3/h7-12,16H,6,14-15H2,1-5H3,(H,26,28)/b20-12+. The Bertz CT molecular complexity index is 995. The van der Waals surface area contributed by atoms with Crippen molar-refractivity contribution in [1.29, 1.82) is 5.26 Å². The fraction of sp³-hybridized carbons (Fsp3) is 0.375. The molecule has 1 amide bonds. The van der Waals surface area contributed by atoms with E-state index >= 15 is 0 Å². The van der Waals surface area contributed by atoms with E-state index in [0.29, 0.717) is 19.1 Å². The summed E-state index contributed by atoms with van der Waals surface area (Å²) in [6.07, 6.45) is 1.49. The van der Waals surface area contributed by atoms with E-state index in [1.807, 2.05) is 75.6 Å². The lowest BCUT2D eigenvalue weighted by Crippen LogP contribution is -2.31. The highest BCUT2D eigenvalue weighted by Crippen LogP contribution is 2.24. The maximum atomic E-state index is 12.3. The second-order valence-electron chi connectivity index (χ2n) is 7.53. The third-order valence-corrected chi connectivity index (χ3v) is 4.56. The maximum absolute atomic E-state index is 12.3. The van der Waals surface area contributed by atoms with Crippen molar-refractivity contribution >= 4 is 18.0 Å². The Morgan fingerprint density at radius 1 is 1.23 bits per heavy atom. The molecule has 0 atom stereocenters. The zero-order valence-electron chi connectivity index (χ0n) is 18.7. The van der Waals surface area contributed by atoms with Crippen LogP contribution in [-0.4, -0.2) is 36.2 Å². The van der Waals surface area contributed by atoms with Gasteiger partial charge in [0.15, 0.2) is 6.61 Å². The minimum absolute atomic E-state index is 0.163. The van der Waals surface area contributed by atoms with E-state index in [1.165, 1.54) is 6.08 Å². The van der Waals surface area contributed by atoms with Crippen LogP contribution in [0.25, 0.3) is 11.8 Å². The lowest BCUT2D eigenvalue weighted by Gasteiger charge is -2.11. The van der Waals surface area contributed by atoms with Crippen LogP contribution in [-0.2, 0) is 14.3 Å². The molecule has 0 saturated heterocycles. The minimum atomic E-state index is -0.826. The van der Waals surface area contributed by atoms with Crippen LogP contribution in [0, 0.1) is 31.1 Å². The molecule has 1 heterocycles. The number of nitrogens with zero attached hydrogens (tertiary/aromatic N) is 2. The molecule has 0 aliphatic heterocycles. The van der Waals surface area contributed by atoms with Gasteiger partial charge in [-0.2, -0.15) is 5.26 Å². The van der Waals surface area contributed by atoms with Crippen LogP contribution in [0.2, 0.25) is 0 Å². The van der Waals surface area contributed by atoms with Gasteiger partial charge in [0.1, 0.15) is 17.4 Å². The van der Waals surface area contributed by atoms with Crippen LogP contribution < -0.4 is 10.1 Å². The van der Waals surface area contributed by atoms with Gasteiger partial charge in [-0.1, -0.05) is 13.8 Å². The van der Waals surface area contributed by atoms with Crippen molar-refractivity contribution in [3.8, 4) is 17.5 Å². The number of nitriles is 1. The molecule has 7 heteroatoms. The zero-order valence-corrected chi connectivity index (χ0v) is 18.7. The number of aryl methyl sites for hydroxylation is 1. The van der Waals surface area contributed by atoms with Gasteiger partial charge in [-0.3, -0.25) is 4.79 Å². The first-order chi connectivity index (χ1) is 14.8. The average Bonchev–Trinajstić information content (AvgIpc) is 3.02. The smallest absolute Gasteiger partial charge is 0.349 e. The van der Waals surface area contributed by atoms with Gasteiger partial charge in [0.2, 0.25) is 0 Å². The normalized spacial score (nSPS) is 11.2. The quantitative estimate of drug-likeness (QED) is 0.377. The number of aromatic nitrogens is 1. The Kier molecular flexibility index (Phi) is 8.44. The van der Waals surface area contributed by atoms with Crippen molar-refractivity contribution in [2.45, 2.75) is 34.6 Å². The number of carbonyl (C=O) groups is 2. The molecule has 0 aliphatic rings. The van der Waals surface area contributed by atoms with Crippen molar-refractivity contribution in [2.75, 3.05) is 19.8 Å². The van der Waals surface area contributed by atoms with Gasteiger partial charge in [0.05, 0.1) is 6.61 Å². The van der Waals surface area contributed by atoms with Crippen molar-refractivity contribution in [2.24, 2.45) is 5.92 Å². The molecular weight excluding hydrogens is 394 g/mol. The molecule has 0 aliphatic carbocycles. The molecule has 2 rings (SSSR count). The summed E-state index contributed by atoms with van der Waals surface area (Å²) in [5.74, 6) is -0.137. The Balaban J connectivity index is 2.18. The highest BCUT2D eigenvalue weighted by Gasteiger charge is 2.16. The minimum Gasteiger partial charge on any atom is -0.494 e. The van der Waals surface area contributed by atoms with E-state index in [2.05, 4.69) is 5.32 Å². The number of carbonyl (C=O) groups excluding carboxylic acids is 2.